The number of piperidine rings is 1. The van der Waals surface area contributed by atoms with Crippen molar-refractivity contribution in [1.82, 2.24) is 4.90 Å². The van der Waals surface area contributed by atoms with E-state index in [0.717, 1.165) is 18.2 Å². The van der Waals surface area contributed by atoms with Crippen LogP contribution in [0.3, 0.4) is 0 Å². The third-order valence-corrected chi connectivity index (χ3v) is 4.49. The molecule has 1 fully saturated rings. The van der Waals surface area contributed by atoms with Crippen molar-refractivity contribution in [1.29, 1.82) is 0 Å². The normalized spacial score (nSPS) is 27.1. The molecule has 0 spiro atoms. The number of benzene rings is 1. The van der Waals surface area contributed by atoms with Crippen molar-refractivity contribution >= 4 is 5.69 Å². The highest BCUT2D eigenvalue weighted by Gasteiger charge is 2.35. The van der Waals surface area contributed by atoms with E-state index in [2.05, 4.69) is 36.3 Å². The van der Waals surface area contributed by atoms with Crippen molar-refractivity contribution < 1.29 is 4.74 Å². The number of aryl methyl sites for hydroxylation is 1. The summed E-state index contributed by atoms with van der Waals surface area (Å²) in [7, 11) is 3.98. The zero-order valence-corrected chi connectivity index (χ0v) is 11.5. The number of anilines is 1. The Labute approximate surface area is 109 Å². The predicted molar refractivity (Wildman–Crippen MR) is 74.6 cm³/mol. The highest BCUT2D eigenvalue weighted by Crippen LogP contribution is 2.45. The molecular formula is C15H22N2O. The maximum absolute atomic E-state index is 5.50. The Hall–Kier alpha value is -1.22. The van der Waals surface area contributed by atoms with E-state index < -0.39 is 0 Å². The topological polar surface area (TPSA) is 24.5 Å². The van der Waals surface area contributed by atoms with Gasteiger partial charge in [0.05, 0.1) is 12.8 Å². The average molecular weight is 246 g/mol. The Bertz CT molecular complexity index is 458. The zero-order valence-electron chi connectivity index (χ0n) is 11.5. The van der Waals surface area contributed by atoms with Crippen molar-refractivity contribution in [2.45, 2.75) is 19.3 Å². The van der Waals surface area contributed by atoms with E-state index in [4.69, 9.17) is 4.74 Å². The summed E-state index contributed by atoms with van der Waals surface area (Å²) < 4.78 is 5.50. The van der Waals surface area contributed by atoms with Crippen LogP contribution in [0.15, 0.2) is 12.1 Å². The van der Waals surface area contributed by atoms with Crippen molar-refractivity contribution in [2.75, 3.05) is 39.1 Å². The fourth-order valence-electron chi connectivity index (χ4n) is 3.57. The number of hydrogen-bond donors (Lipinski definition) is 1. The summed E-state index contributed by atoms with van der Waals surface area (Å²) in [6.45, 7) is 5.70. The first kappa shape index (κ1) is 11.8. The summed E-state index contributed by atoms with van der Waals surface area (Å²) in [5, 5.41) is 3.59. The van der Waals surface area contributed by atoms with Crippen LogP contribution in [-0.4, -0.2) is 38.7 Å². The minimum absolute atomic E-state index is 0.701. The molecule has 2 aliphatic rings. The van der Waals surface area contributed by atoms with Crippen molar-refractivity contribution in [2.24, 2.45) is 5.92 Å². The van der Waals surface area contributed by atoms with E-state index in [1.807, 2.05) is 0 Å². The molecule has 0 bridgehead atoms. The van der Waals surface area contributed by atoms with E-state index in [1.54, 1.807) is 7.11 Å². The molecule has 3 nitrogen and oxygen atoms in total. The Morgan fingerprint density at radius 3 is 3.00 bits per heavy atom. The second kappa shape index (κ2) is 4.47. The smallest absolute Gasteiger partial charge is 0.142 e. The van der Waals surface area contributed by atoms with Gasteiger partial charge < -0.3 is 15.0 Å². The van der Waals surface area contributed by atoms with Crippen LogP contribution >= 0.6 is 0 Å². The van der Waals surface area contributed by atoms with Gasteiger partial charge in [0, 0.05) is 13.1 Å². The molecule has 98 valence electrons. The van der Waals surface area contributed by atoms with Crippen LogP contribution in [0.4, 0.5) is 5.69 Å². The lowest BCUT2D eigenvalue weighted by Gasteiger charge is -2.42. The highest BCUT2D eigenvalue weighted by molar-refractivity contribution is 5.67. The van der Waals surface area contributed by atoms with Gasteiger partial charge in [-0.05, 0) is 56.0 Å². The molecule has 0 aliphatic carbocycles. The Morgan fingerprint density at radius 2 is 2.22 bits per heavy atom. The number of nitrogens with one attached hydrogen (secondary N) is 1. The first-order chi connectivity index (χ1) is 8.70. The van der Waals surface area contributed by atoms with E-state index in [0.29, 0.717) is 5.92 Å². The van der Waals surface area contributed by atoms with E-state index in [-0.39, 0.29) is 0 Å². The number of rotatable bonds is 1. The molecule has 0 saturated carbocycles. The molecule has 2 heterocycles. The molecule has 1 N–H and O–H groups in total. The van der Waals surface area contributed by atoms with Crippen LogP contribution in [0.1, 0.15) is 23.5 Å². The molecule has 0 aromatic heterocycles. The molecule has 1 aromatic carbocycles. The summed E-state index contributed by atoms with van der Waals surface area (Å²) in [6, 6.07) is 4.27. The van der Waals surface area contributed by atoms with Gasteiger partial charge >= 0.3 is 0 Å². The first-order valence-corrected chi connectivity index (χ1v) is 6.80. The second-order valence-corrected chi connectivity index (χ2v) is 5.67. The number of fused-ring (bicyclic) bond motifs is 3. The lowest BCUT2D eigenvalue weighted by atomic mass is 9.75. The standard InChI is InChI=1S/C15H22N2O/c1-10-4-5-13(18-3)15-14(10)12-6-7-17(2)9-11(12)8-16-15/h4-5,11-12,16H,6-9H2,1-3H3. The number of methoxy groups -OCH3 is 1. The van der Waals surface area contributed by atoms with Gasteiger partial charge in [-0.25, -0.2) is 0 Å². The maximum Gasteiger partial charge on any atom is 0.142 e. The molecule has 2 atom stereocenters. The largest absolute Gasteiger partial charge is 0.495 e. The number of likely N-dealkylation sites (tertiary alicyclic amines) is 1. The lowest BCUT2D eigenvalue weighted by Crippen LogP contribution is -2.42. The van der Waals surface area contributed by atoms with Gasteiger partial charge in [-0.3, -0.25) is 0 Å². The molecule has 0 amide bonds. The molecule has 2 unspecified atom stereocenters. The zero-order chi connectivity index (χ0) is 12.7. The van der Waals surface area contributed by atoms with Crippen LogP contribution in [0.25, 0.3) is 0 Å². The second-order valence-electron chi connectivity index (χ2n) is 5.67. The molecule has 1 saturated heterocycles. The lowest BCUT2D eigenvalue weighted by molar-refractivity contribution is 0.187. The summed E-state index contributed by atoms with van der Waals surface area (Å²) in [6.07, 6.45) is 1.27. The minimum Gasteiger partial charge on any atom is -0.495 e. The SMILES string of the molecule is COc1ccc(C)c2c1NCC1CN(C)CCC21. The van der Waals surface area contributed by atoms with Crippen LogP contribution in [0, 0.1) is 12.8 Å². The van der Waals surface area contributed by atoms with Crippen LogP contribution in [0.5, 0.6) is 5.75 Å². The molecule has 0 radical (unpaired) electrons. The molecule has 2 aliphatic heterocycles. The Morgan fingerprint density at radius 1 is 1.39 bits per heavy atom. The third-order valence-electron chi connectivity index (χ3n) is 4.49. The van der Waals surface area contributed by atoms with Crippen LogP contribution in [0.2, 0.25) is 0 Å². The highest BCUT2D eigenvalue weighted by atomic mass is 16.5. The van der Waals surface area contributed by atoms with Gasteiger partial charge in [-0.2, -0.15) is 0 Å². The summed E-state index contributed by atoms with van der Waals surface area (Å²) in [5.74, 6) is 2.43. The maximum atomic E-state index is 5.50. The molecule has 1 aromatic rings. The number of nitrogens with zero attached hydrogens (tertiary/aromatic N) is 1. The molecule has 3 heteroatoms. The van der Waals surface area contributed by atoms with E-state index in [9.17, 15) is 0 Å². The van der Waals surface area contributed by atoms with Gasteiger partial charge in [0.2, 0.25) is 0 Å². The van der Waals surface area contributed by atoms with E-state index >= 15 is 0 Å². The predicted octanol–water partition coefficient (Wildman–Crippen LogP) is 2.46. The molecular weight excluding hydrogens is 224 g/mol. The fourth-order valence-corrected chi connectivity index (χ4v) is 3.57. The fraction of sp³-hybridized carbons (Fsp3) is 0.600. The Balaban J connectivity index is 2.03. The monoisotopic (exact) mass is 246 g/mol. The summed E-state index contributed by atoms with van der Waals surface area (Å²) >= 11 is 0. The van der Waals surface area contributed by atoms with Gasteiger partial charge in [-0.1, -0.05) is 6.07 Å². The van der Waals surface area contributed by atoms with Crippen LogP contribution in [-0.2, 0) is 0 Å². The first-order valence-electron chi connectivity index (χ1n) is 6.80. The van der Waals surface area contributed by atoms with Crippen molar-refractivity contribution in [3.8, 4) is 5.75 Å². The quantitative estimate of drug-likeness (QED) is 0.824. The summed E-state index contributed by atoms with van der Waals surface area (Å²) in [5.41, 5.74) is 4.14. The van der Waals surface area contributed by atoms with Gasteiger partial charge in [-0.15, -0.1) is 0 Å². The molecule has 18 heavy (non-hydrogen) atoms. The summed E-state index contributed by atoms with van der Waals surface area (Å²) in [4.78, 5) is 2.45. The van der Waals surface area contributed by atoms with Crippen LogP contribution < -0.4 is 10.1 Å². The minimum atomic E-state index is 0.701. The number of ether oxygens (including phenoxy) is 1. The average Bonchev–Trinajstić information content (AvgIpc) is 2.38. The van der Waals surface area contributed by atoms with Crippen molar-refractivity contribution in [3.63, 3.8) is 0 Å². The molecule has 3 rings (SSSR count). The van der Waals surface area contributed by atoms with Crippen molar-refractivity contribution in [3.05, 3.63) is 23.3 Å². The number of hydrogen-bond acceptors (Lipinski definition) is 3. The van der Waals surface area contributed by atoms with Gasteiger partial charge in [0.25, 0.3) is 0 Å². The Kier molecular flexibility index (Phi) is 2.94. The third kappa shape index (κ3) is 1.77. The van der Waals surface area contributed by atoms with E-state index in [1.165, 1.54) is 36.3 Å². The van der Waals surface area contributed by atoms with Gasteiger partial charge in [0.1, 0.15) is 5.75 Å². The van der Waals surface area contributed by atoms with Gasteiger partial charge in [0.15, 0.2) is 0 Å².